The van der Waals surface area contributed by atoms with Crippen LogP contribution in [0.2, 0.25) is 0 Å². The first-order valence-electron chi connectivity index (χ1n) is 9.62. The first-order valence-corrected chi connectivity index (χ1v) is 9.62. The summed E-state index contributed by atoms with van der Waals surface area (Å²) in [6.45, 7) is 1.60. The molecule has 1 aliphatic rings. The number of aromatic nitrogens is 2. The number of phenols is 1. The molecule has 2 N–H and O–H groups in total. The number of hydrogen-bond donors (Lipinski definition) is 2. The number of aromatic hydroxyl groups is 1. The highest BCUT2D eigenvalue weighted by atomic mass is 19.4. The van der Waals surface area contributed by atoms with Crippen molar-refractivity contribution in [3.05, 3.63) is 75.2 Å². The maximum atomic E-state index is 12.8. The lowest BCUT2D eigenvalue weighted by Crippen LogP contribution is -2.35. The van der Waals surface area contributed by atoms with Crippen LogP contribution < -0.4 is 10.3 Å². The predicted molar refractivity (Wildman–Crippen MR) is 108 cm³/mol. The summed E-state index contributed by atoms with van der Waals surface area (Å²) in [5, 5.41) is 9.98. The van der Waals surface area contributed by atoms with Gasteiger partial charge < -0.3 is 14.8 Å². The lowest BCUT2D eigenvalue weighted by atomic mass is 10.0. The van der Waals surface area contributed by atoms with E-state index < -0.39 is 11.7 Å². The average molecular weight is 431 g/mol. The molecule has 0 bridgehead atoms. The highest BCUT2D eigenvalue weighted by molar-refractivity contribution is 5.56. The summed E-state index contributed by atoms with van der Waals surface area (Å²) in [5.41, 5.74) is 1.44. The van der Waals surface area contributed by atoms with E-state index in [1.165, 1.54) is 19.2 Å². The molecule has 31 heavy (non-hydrogen) atoms. The number of nitrogens with zero attached hydrogens (tertiary/aromatic N) is 2. The molecule has 0 saturated carbocycles. The van der Waals surface area contributed by atoms with E-state index in [0.717, 1.165) is 17.7 Å². The second-order valence-electron chi connectivity index (χ2n) is 7.38. The minimum Gasteiger partial charge on any atom is -0.504 e. The number of H-pyrrole nitrogens is 1. The molecule has 9 heteroatoms. The molecule has 3 aromatic rings. The van der Waals surface area contributed by atoms with Crippen LogP contribution in [0, 0.1) is 0 Å². The summed E-state index contributed by atoms with van der Waals surface area (Å²) in [5.74, 6) is 0.681. The third-order valence-electron chi connectivity index (χ3n) is 5.29. The van der Waals surface area contributed by atoms with E-state index >= 15 is 0 Å². The zero-order valence-corrected chi connectivity index (χ0v) is 16.7. The van der Waals surface area contributed by atoms with Crippen LogP contribution >= 0.6 is 0 Å². The molecule has 0 saturated heterocycles. The molecular formula is C22H20F3N3O3. The summed E-state index contributed by atoms with van der Waals surface area (Å²) in [4.78, 5) is 21.8. The van der Waals surface area contributed by atoms with Gasteiger partial charge in [0.05, 0.1) is 18.4 Å². The molecule has 0 radical (unpaired) electrons. The van der Waals surface area contributed by atoms with E-state index in [1.807, 2.05) is 6.07 Å². The Labute approximate surface area is 175 Å². The maximum absolute atomic E-state index is 12.8. The summed E-state index contributed by atoms with van der Waals surface area (Å²) in [6.07, 6.45) is -3.92. The van der Waals surface area contributed by atoms with Gasteiger partial charge >= 0.3 is 6.18 Å². The molecule has 0 spiro atoms. The monoisotopic (exact) mass is 431 g/mol. The molecule has 0 unspecified atom stereocenters. The third kappa shape index (κ3) is 4.41. The number of ether oxygens (including phenoxy) is 1. The molecule has 0 atom stereocenters. The Morgan fingerprint density at radius 1 is 1.19 bits per heavy atom. The van der Waals surface area contributed by atoms with Crippen molar-refractivity contribution in [1.82, 2.24) is 14.9 Å². The summed E-state index contributed by atoms with van der Waals surface area (Å²) < 4.78 is 43.5. The maximum Gasteiger partial charge on any atom is 0.416 e. The van der Waals surface area contributed by atoms with Crippen molar-refractivity contribution in [2.24, 2.45) is 0 Å². The number of hydrogen-bond acceptors (Lipinski definition) is 5. The van der Waals surface area contributed by atoms with E-state index in [9.17, 15) is 23.1 Å². The van der Waals surface area contributed by atoms with Gasteiger partial charge in [-0.2, -0.15) is 13.2 Å². The van der Waals surface area contributed by atoms with Gasteiger partial charge in [0.1, 0.15) is 5.82 Å². The molecular weight excluding hydrogens is 411 g/mol. The highest BCUT2D eigenvalue weighted by Gasteiger charge is 2.30. The number of rotatable bonds is 4. The van der Waals surface area contributed by atoms with E-state index in [2.05, 4.69) is 14.9 Å². The quantitative estimate of drug-likeness (QED) is 0.658. The Morgan fingerprint density at radius 3 is 2.58 bits per heavy atom. The normalized spacial score (nSPS) is 14.3. The van der Waals surface area contributed by atoms with Crippen molar-refractivity contribution in [1.29, 1.82) is 0 Å². The van der Waals surface area contributed by atoms with Crippen LogP contribution in [-0.4, -0.2) is 33.6 Å². The van der Waals surface area contributed by atoms with Crippen molar-refractivity contribution in [3.63, 3.8) is 0 Å². The first kappa shape index (κ1) is 20.9. The Morgan fingerprint density at radius 2 is 1.94 bits per heavy atom. The molecule has 2 heterocycles. The summed E-state index contributed by atoms with van der Waals surface area (Å²) in [6, 6.07) is 9.71. The second-order valence-corrected chi connectivity index (χ2v) is 7.38. The van der Waals surface area contributed by atoms with Crippen LogP contribution in [0.3, 0.4) is 0 Å². The van der Waals surface area contributed by atoms with Crippen molar-refractivity contribution >= 4 is 0 Å². The Balaban J connectivity index is 1.57. The largest absolute Gasteiger partial charge is 0.504 e. The van der Waals surface area contributed by atoms with Crippen molar-refractivity contribution in [3.8, 4) is 22.9 Å². The Bertz CT molecular complexity index is 1160. The molecule has 6 nitrogen and oxygen atoms in total. The van der Waals surface area contributed by atoms with Crippen LogP contribution in [0.15, 0.2) is 47.3 Å². The Kier molecular flexibility index (Phi) is 5.45. The fourth-order valence-electron chi connectivity index (χ4n) is 3.67. The fourth-order valence-corrected chi connectivity index (χ4v) is 3.67. The van der Waals surface area contributed by atoms with E-state index in [0.29, 0.717) is 48.6 Å². The van der Waals surface area contributed by atoms with Crippen molar-refractivity contribution < 1.29 is 23.0 Å². The number of benzene rings is 2. The molecule has 162 valence electrons. The molecule has 0 fully saturated rings. The lowest BCUT2D eigenvalue weighted by molar-refractivity contribution is -0.137. The third-order valence-corrected chi connectivity index (χ3v) is 5.29. The number of halogens is 3. The number of alkyl halides is 3. The van der Waals surface area contributed by atoms with Crippen LogP contribution in [0.5, 0.6) is 11.5 Å². The van der Waals surface area contributed by atoms with E-state index in [-0.39, 0.29) is 17.1 Å². The van der Waals surface area contributed by atoms with Gasteiger partial charge in [-0.1, -0.05) is 18.2 Å². The topological polar surface area (TPSA) is 78.5 Å². The van der Waals surface area contributed by atoms with Crippen LogP contribution in [0.1, 0.15) is 22.4 Å². The first-order chi connectivity index (χ1) is 14.7. The smallest absolute Gasteiger partial charge is 0.416 e. The number of nitrogens with one attached hydrogen (secondary N) is 1. The minimum absolute atomic E-state index is 0.0524. The van der Waals surface area contributed by atoms with Gasteiger partial charge in [-0.05, 0) is 36.2 Å². The SMILES string of the molecule is COc1ccc(CN2CCc3c(nc(-c4ccc(C(F)(F)F)cc4)[nH]c3=O)C2)cc1O. The predicted octanol–water partition coefficient (Wildman–Crippen LogP) is 3.73. The summed E-state index contributed by atoms with van der Waals surface area (Å²) in [7, 11) is 1.48. The number of methoxy groups -OCH3 is 1. The van der Waals surface area contributed by atoms with Crippen LogP contribution in [0.25, 0.3) is 11.4 Å². The number of phenolic OH excluding ortho intramolecular Hbond substituents is 1. The number of aromatic amines is 1. The standard InChI is InChI=1S/C22H20F3N3O3/c1-31-19-7-2-13(10-18(19)29)11-28-9-8-16-17(12-28)26-20(27-21(16)30)14-3-5-15(6-4-14)22(23,24)25/h2-7,10,29H,8-9,11-12H2,1H3,(H,26,27,30). The van der Waals surface area contributed by atoms with E-state index in [4.69, 9.17) is 4.74 Å². The average Bonchev–Trinajstić information content (AvgIpc) is 2.73. The van der Waals surface area contributed by atoms with Gasteiger partial charge in [0.25, 0.3) is 5.56 Å². The van der Waals surface area contributed by atoms with Crippen molar-refractivity contribution in [2.75, 3.05) is 13.7 Å². The second kappa shape index (κ2) is 8.07. The minimum atomic E-state index is -4.42. The lowest BCUT2D eigenvalue weighted by Gasteiger charge is -2.27. The molecule has 2 aromatic carbocycles. The molecule has 0 aliphatic carbocycles. The van der Waals surface area contributed by atoms with Gasteiger partial charge in [-0.25, -0.2) is 4.98 Å². The molecule has 0 amide bonds. The van der Waals surface area contributed by atoms with Gasteiger partial charge in [-0.15, -0.1) is 0 Å². The summed E-state index contributed by atoms with van der Waals surface area (Å²) >= 11 is 0. The van der Waals surface area contributed by atoms with E-state index in [1.54, 1.807) is 12.1 Å². The van der Waals surface area contributed by atoms with Crippen molar-refractivity contribution in [2.45, 2.75) is 25.7 Å². The van der Waals surface area contributed by atoms with Gasteiger partial charge in [0.2, 0.25) is 0 Å². The van der Waals surface area contributed by atoms with Crippen LogP contribution in [0.4, 0.5) is 13.2 Å². The van der Waals surface area contributed by atoms with Gasteiger partial charge in [-0.3, -0.25) is 9.69 Å². The zero-order valence-electron chi connectivity index (χ0n) is 16.7. The van der Waals surface area contributed by atoms with Crippen LogP contribution in [-0.2, 0) is 25.7 Å². The molecule has 1 aliphatic heterocycles. The Hall–Kier alpha value is -3.33. The fraction of sp³-hybridized carbons (Fsp3) is 0.273. The molecule has 4 rings (SSSR count). The highest BCUT2D eigenvalue weighted by Crippen LogP contribution is 2.31. The van der Waals surface area contributed by atoms with Gasteiger partial charge in [0, 0.05) is 30.8 Å². The van der Waals surface area contributed by atoms with Gasteiger partial charge in [0.15, 0.2) is 11.5 Å². The molecule has 1 aromatic heterocycles. The zero-order chi connectivity index (χ0) is 22.2. The number of fused-ring (bicyclic) bond motifs is 1.